The van der Waals surface area contributed by atoms with Crippen molar-refractivity contribution >= 4 is 0 Å². The lowest BCUT2D eigenvalue weighted by atomic mass is 10.1. The van der Waals surface area contributed by atoms with Crippen molar-refractivity contribution in [1.82, 2.24) is 0 Å². The van der Waals surface area contributed by atoms with Gasteiger partial charge < -0.3 is 0 Å². The first kappa shape index (κ1) is 8.06. The van der Waals surface area contributed by atoms with E-state index in [2.05, 4.69) is 0 Å². The zero-order chi connectivity index (χ0) is 7.23. The third-order valence-electron chi connectivity index (χ3n) is 2.20. The number of hydrogen-bond donors (Lipinski definition) is 0. The molecule has 0 aromatic rings. The van der Waals surface area contributed by atoms with Gasteiger partial charge in [0.1, 0.15) is 0 Å². The Morgan fingerprint density at radius 2 is 1.70 bits per heavy atom. The average molecular weight is 141 g/mol. The van der Waals surface area contributed by atoms with E-state index in [1.807, 2.05) is 0 Å². The third kappa shape index (κ3) is 3.89. The van der Waals surface area contributed by atoms with Gasteiger partial charge in [0.05, 0.1) is 6.61 Å². The van der Waals surface area contributed by atoms with E-state index in [4.69, 9.17) is 0 Å². The molecule has 1 aliphatic rings. The minimum Gasteiger partial charge on any atom is -0.237 e. The Hall–Kier alpha value is -0.0400. The van der Waals surface area contributed by atoms with Gasteiger partial charge in [0.2, 0.25) is 0 Å². The topological polar surface area (TPSA) is 19.9 Å². The molecule has 1 nitrogen and oxygen atoms in total. The van der Waals surface area contributed by atoms with E-state index in [9.17, 15) is 5.11 Å². The van der Waals surface area contributed by atoms with E-state index in [0.717, 1.165) is 18.8 Å². The van der Waals surface area contributed by atoms with E-state index in [0.29, 0.717) is 0 Å². The highest BCUT2D eigenvalue weighted by atomic mass is 16.2. The van der Waals surface area contributed by atoms with Crippen LogP contribution in [0.1, 0.15) is 44.9 Å². The quantitative estimate of drug-likeness (QED) is 0.507. The molecule has 1 fully saturated rings. The molecule has 0 aromatic carbocycles. The summed E-state index contributed by atoms with van der Waals surface area (Å²) in [7, 11) is 0. The Balaban J connectivity index is 1.68. The van der Waals surface area contributed by atoms with Crippen molar-refractivity contribution in [3.05, 3.63) is 0 Å². The second-order valence-electron chi connectivity index (χ2n) is 3.35. The SMILES string of the molecule is [O]CCCCCCC1CC1. The number of unbranched alkanes of at least 4 members (excludes halogenated alkanes) is 3. The second-order valence-corrected chi connectivity index (χ2v) is 3.35. The molecule has 0 bridgehead atoms. The van der Waals surface area contributed by atoms with E-state index >= 15 is 0 Å². The zero-order valence-electron chi connectivity index (χ0n) is 6.64. The third-order valence-corrected chi connectivity index (χ3v) is 2.20. The molecule has 1 saturated carbocycles. The monoisotopic (exact) mass is 141 g/mol. The first-order chi connectivity index (χ1) is 4.93. The van der Waals surface area contributed by atoms with Crippen molar-refractivity contribution in [2.24, 2.45) is 5.92 Å². The molecule has 0 amide bonds. The molecule has 0 saturated heterocycles. The van der Waals surface area contributed by atoms with Gasteiger partial charge in [-0.1, -0.05) is 38.5 Å². The van der Waals surface area contributed by atoms with Crippen molar-refractivity contribution < 1.29 is 5.11 Å². The van der Waals surface area contributed by atoms with Crippen LogP contribution >= 0.6 is 0 Å². The highest BCUT2D eigenvalue weighted by molar-refractivity contribution is 4.72. The van der Waals surface area contributed by atoms with Crippen molar-refractivity contribution in [1.29, 1.82) is 0 Å². The van der Waals surface area contributed by atoms with Crippen LogP contribution in [0.2, 0.25) is 0 Å². The second kappa shape index (κ2) is 4.73. The smallest absolute Gasteiger partial charge is 0.0822 e. The van der Waals surface area contributed by atoms with Gasteiger partial charge in [0, 0.05) is 0 Å². The molecular formula is C9H17O. The molecule has 1 aliphatic carbocycles. The van der Waals surface area contributed by atoms with Gasteiger partial charge >= 0.3 is 0 Å². The highest BCUT2D eigenvalue weighted by Crippen LogP contribution is 2.33. The van der Waals surface area contributed by atoms with Gasteiger partial charge in [-0.05, 0) is 12.3 Å². The minimum absolute atomic E-state index is 0.128. The average Bonchev–Trinajstić information content (AvgIpc) is 2.71. The van der Waals surface area contributed by atoms with E-state index in [1.54, 1.807) is 0 Å². The van der Waals surface area contributed by atoms with Crippen LogP contribution in [0.15, 0.2) is 0 Å². The molecule has 0 atom stereocenters. The Morgan fingerprint density at radius 3 is 2.30 bits per heavy atom. The summed E-state index contributed by atoms with van der Waals surface area (Å²) in [4.78, 5) is 0. The molecule has 0 heterocycles. The summed E-state index contributed by atoms with van der Waals surface area (Å²) >= 11 is 0. The van der Waals surface area contributed by atoms with Crippen LogP contribution < -0.4 is 0 Å². The summed E-state index contributed by atoms with van der Waals surface area (Å²) in [5, 5.41) is 10.0. The molecule has 0 aliphatic heterocycles. The summed E-state index contributed by atoms with van der Waals surface area (Å²) in [6.45, 7) is 0.128. The Labute approximate surface area is 63.4 Å². The van der Waals surface area contributed by atoms with Crippen LogP contribution in [0.5, 0.6) is 0 Å². The summed E-state index contributed by atoms with van der Waals surface area (Å²) < 4.78 is 0. The van der Waals surface area contributed by atoms with E-state index in [-0.39, 0.29) is 6.61 Å². The first-order valence-electron chi connectivity index (χ1n) is 4.51. The fourth-order valence-corrected chi connectivity index (χ4v) is 1.30. The summed E-state index contributed by atoms with van der Waals surface area (Å²) in [6.07, 6.45) is 9.09. The van der Waals surface area contributed by atoms with Gasteiger partial charge in [-0.25, -0.2) is 5.11 Å². The fraction of sp³-hybridized carbons (Fsp3) is 1.00. The predicted octanol–water partition coefficient (Wildman–Crippen LogP) is 2.78. The van der Waals surface area contributed by atoms with Crippen molar-refractivity contribution in [3.63, 3.8) is 0 Å². The van der Waals surface area contributed by atoms with Crippen LogP contribution in [0.25, 0.3) is 0 Å². The van der Waals surface area contributed by atoms with Crippen LogP contribution in [-0.4, -0.2) is 6.61 Å². The molecule has 1 rings (SSSR count). The molecule has 0 aromatic heterocycles. The summed E-state index contributed by atoms with van der Waals surface area (Å²) in [5.74, 6) is 1.08. The molecule has 0 unspecified atom stereocenters. The Bertz CT molecular complexity index is 76.8. The van der Waals surface area contributed by atoms with Crippen LogP contribution in [0.3, 0.4) is 0 Å². The van der Waals surface area contributed by atoms with Crippen molar-refractivity contribution in [2.45, 2.75) is 44.9 Å². The normalized spacial score (nSPS) is 17.7. The lowest BCUT2D eigenvalue weighted by Gasteiger charge is -1.96. The van der Waals surface area contributed by atoms with Gasteiger partial charge in [0.25, 0.3) is 0 Å². The van der Waals surface area contributed by atoms with E-state index in [1.165, 1.54) is 32.1 Å². The van der Waals surface area contributed by atoms with Crippen LogP contribution in [0.4, 0.5) is 0 Å². The summed E-state index contributed by atoms with van der Waals surface area (Å²) in [5.41, 5.74) is 0. The van der Waals surface area contributed by atoms with Gasteiger partial charge in [-0.3, -0.25) is 0 Å². The Kier molecular flexibility index (Phi) is 3.81. The summed E-state index contributed by atoms with van der Waals surface area (Å²) in [6, 6.07) is 0. The minimum atomic E-state index is 0.128. The molecular weight excluding hydrogens is 124 g/mol. The maximum atomic E-state index is 10.0. The standard InChI is InChI=1S/C9H17O/c10-8-4-2-1-3-5-9-6-7-9/h9H,1-8H2. The number of hydrogen-bond acceptors (Lipinski definition) is 0. The lowest BCUT2D eigenvalue weighted by Crippen LogP contribution is -1.82. The van der Waals surface area contributed by atoms with Gasteiger partial charge in [-0.15, -0.1) is 0 Å². The maximum absolute atomic E-state index is 10.0. The first-order valence-corrected chi connectivity index (χ1v) is 4.51. The van der Waals surface area contributed by atoms with Crippen LogP contribution in [0, 0.1) is 5.92 Å². The molecule has 10 heavy (non-hydrogen) atoms. The molecule has 1 radical (unpaired) electrons. The fourth-order valence-electron chi connectivity index (χ4n) is 1.30. The molecule has 0 N–H and O–H groups in total. The highest BCUT2D eigenvalue weighted by Gasteiger charge is 2.19. The predicted molar refractivity (Wildman–Crippen MR) is 41.4 cm³/mol. The van der Waals surface area contributed by atoms with Crippen LogP contribution in [-0.2, 0) is 5.11 Å². The molecule has 0 spiro atoms. The molecule has 1 heteroatoms. The molecule has 59 valence electrons. The van der Waals surface area contributed by atoms with Crippen molar-refractivity contribution in [2.75, 3.05) is 6.61 Å². The van der Waals surface area contributed by atoms with Crippen molar-refractivity contribution in [3.8, 4) is 0 Å². The Morgan fingerprint density at radius 1 is 1.00 bits per heavy atom. The lowest BCUT2D eigenvalue weighted by molar-refractivity contribution is 0.186. The van der Waals surface area contributed by atoms with Gasteiger partial charge in [0.15, 0.2) is 0 Å². The maximum Gasteiger partial charge on any atom is 0.0822 e. The van der Waals surface area contributed by atoms with Gasteiger partial charge in [-0.2, -0.15) is 0 Å². The van der Waals surface area contributed by atoms with E-state index < -0.39 is 0 Å². The largest absolute Gasteiger partial charge is 0.237 e. The number of rotatable bonds is 6. The zero-order valence-corrected chi connectivity index (χ0v) is 6.64.